The number of alkyl halides is 3. The van der Waals surface area contributed by atoms with Gasteiger partial charge in [0.25, 0.3) is 0 Å². The molecule has 19 heavy (non-hydrogen) atoms. The molecule has 1 aliphatic rings. The fraction of sp³-hybridized carbons (Fsp3) is 0.600. The Morgan fingerprint density at radius 1 is 1.21 bits per heavy atom. The summed E-state index contributed by atoms with van der Waals surface area (Å²) < 4.78 is 38.3. The van der Waals surface area contributed by atoms with Gasteiger partial charge in [0, 0.05) is 18.8 Å². The van der Waals surface area contributed by atoms with Gasteiger partial charge in [-0.1, -0.05) is 19.4 Å². The molecule has 106 valence electrons. The summed E-state index contributed by atoms with van der Waals surface area (Å²) >= 11 is 0. The van der Waals surface area contributed by atoms with Gasteiger partial charge < -0.3 is 4.90 Å². The minimum absolute atomic E-state index is 0.550. The first-order valence-corrected chi connectivity index (χ1v) is 6.84. The molecule has 0 N–H and O–H groups in total. The normalized spacial score (nSPS) is 17.8. The van der Waals surface area contributed by atoms with Crippen LogP contribution in [0.2, 0.25) is 0 Å². The Hall–Kier alpha value is -1.19. The van der Waals surface area contributed by atoms with E-state index in [1.807, 2.05) is 6.92 Å². The average molecular weight is 271 g/mol. The molecule has 1 aromatic carbocycles. The minimum Gasteiger partial charge on any atom is -0.371 e. The standard InChI is InChI=1S/C15H20F3N/c1-3-12-6-8-19(9-7-12)14-10-13(15(16,17)18)5-4-11(14)2/h4-5,10,12H,3,6-9H2,1-2H3. The highest BCUT2D eigenvalue weighted by atomic mass is 19.4. The van der Waals surface area contributed by atoms with Gasteiger partial charge in [-0.05, 0) is 43.4 Å². The number of hydrogen-bond donors (Lipinski definition) is 0. The first kappa shape index (κ1) is 14.2. The number of piperidine rings is 1. The zero-order valence-electron chi connectivity index (χ0n) is 11.4. The van der Waals surface area contributed by atoms with Gasteiger partial charge in [0.1, 0.15) is 0 Å². The topological polar surface area (TPSA) is 3.24 Å². The molecule has 0 aromatic heterocycles. The second-order valence-corrected chi connectivity index (χ2v) is 5.34. The number of aryl methyl sites for hydroxylation is 1. The third-order valence-corrected chi connectivity index (χ3v) is 4.07. The van der Waals surface area contributed by atoms with Crippen molar-refractivity contribution >= 4 is 5.69 Å². The van der Waals surface area contributed by atoms with E-state index in [0.29, 0.717) is 0 Å². The lowest BCUT2D eigenvalue weighted by Gasteiger charge is -2.34. The predicted molar refractivity (Wildman–Crippen MR) is 71.4 cm³/mol. The number of nitrogens with zero attached hydrogens (tertiary/aromatic N) is 1. The van der Waals surface area contributed by atoms with Gasteiger partial charge in [0.15, 0.2) is 0 Å². The molecule has 0 unspecified atom stereocenters. The maximum absolute atomic E-state index is 12.8. The molecule has 0 bridgehead atoms. The monoisotopic (exact) mass is 271 g/mol. The lowest BCUT2D eigenvalue weighted by atomic mass is 9.93. The number of halogens is 3. The van der Waals surface area contributed by atoms with Crippen molar-refractivity contribution < 1.29 is 13.2 Å². The number of anilines is 1. The molecular formula is C15H20F3N. The Labute approximate surface area is 112 Å². The van der Waals surface area contributed by atoms with Crippen molar-refractivity contribution in [1.29, 1.82) is 0 Å². The lowest BCUT2D eigenvalue weighted by Crippen LogP contribution is -2.34. The largest absolute Gasteiger partial charge is 0.416 e. The second-order valence-electron chi connectivity index (χ2n) is 5.34. The summed E-state index contributed by atoms with van der Waals surface area (Å²) in [6.07, 6.45) is -0.946. The van der Waals surface area contributed by atoms with Crippen LogP contribution in [0.4, 0.5) is 18.9 Å². The summed E-state index contributed by atoms with van der Waals surface area (Å²) in [6.45, 7) is 5.78. The van der Waals surface area contributed by atoms with Crippen LogP contribution >= 0.6 is 0 Å². The van der Waals surface area contributed by atoms with Crippen LogP contribution < -0.4 is 4.90 Å². The Morgan fingerprint density at radius 2 is 1.84 bits per heavy atom. The Kier molecular flexibility index (Phi) is 4.07. The highest BCUT2D eigenvalue weighted by molar-refractivity contribution is 5.55. The van der Waals surface area contributed by atoms with Gasteiger partial charge in [0.05, 0.1) is 5.56 Å². The van der Waals surface area contributed by atoms with Gasteiger partial charge in [-0.15, -0.1) is 0 Å². The van der Waals surface area contributed by atoms with E-state index in [1.54, 1.807) is 6.07 Å². The number of benzene rings is 1. The SMILES string of the molecule is CCC1CCN(c2cc(C(F)(F)F)ccc2C)CC1. The van der Waals surface area contributed by atoms with Crippen LogP contribution in [0.15, 0.2) is 18.2 Å². The molecule has 1 heterocycles. The van der Waals surface area contributed by atoms with Crippen LogP contribution in [-0.4, -0.2) is 13.1 Å². The Balaban J connectivity index is 2.20. The summed E-state index contributed by atoms with van der Waals surface area (Å²) in [7, 11) is 0. The summed E-state index contributed by atoms with van der Waals surface area (Å²) in [5.74, 6) is 0.724. The van der Waals surface area contributed by atoms with Crippen molar-refractivity contribution in [3.05, 3.63) is 29.3 Å². The van der Waals surface area contributed by atoms with E-state index >= 15 is 0 Å². The number of rotatable bonds is 2. The Morgan fingerprint density at radius 3 is 2.37 bits per heavy atom. The highest BCUT2D eigenvalue weighted by Crippen LogP contribution is 2.34. The van der Waals surface area contributed by atoms with Crippen LogP contribution in [-0.2, 0) is 6.18 Å². The molecule has 2 rings (SSSR count). The second kappa shape index (κ2) is 5.43. The van der Waals surface area contributed by atoms with Crippen molar-refractivity contribution in [2.24, 2.45) is 5.92 Å². The molecule has 1 nitrogen and oxygen atoms in total. The van der Waals surface area contributed by atoms with Gasteiger partial charge in [-0.25, -0.2) is 0 Å². The third-order valence-electron chi connectivity index (χ3n) is 4.07. The first-order chi connectivity index (χ1) is 8.91. The smallest absolute Gasteiger partial charge is 0.371 e. The zero-order valence-corrected chi connectivity index (χ0v) is 11.4. The van der Waals surface area contributed by atoms with E-state index in [9.17, 15) is 13.2 Å². The maximum Gasteiger partial charge on any atom is 0.416 e. The lowest BCUT2D eigenvalue weighted by molar-refractivity contribution is -0.137. The summed E-state index contributed by atoms with van der Waals surface area (Å²) in [5.41, 5.74) is 1.11. The predicted octanol–water partition coefficient (Wildman–Crippen LogP) is 4.64. The van der Waals surface area contributed by atoms with Crippen LogP contribution in [0.1, 0.15) is 37.3 Å². The molecular weight excluding hydrogens is 251 g/mol. The van der Waals surface area contributed by atoms with Crippen molar-refractivity contribution in [3.63, 3.8) is 0 Å². The van der Waals surface area contributed by atoms with E-state index in [4.69, 9.17) is 0 Å². The van der Waals surface area contributed by atoms with E-state index < -0.39 is 11.7 Å². The van der Waals surface area contributed by atoms with Crippen molar-refractivity contribution in [3.8, 4) is 0 Å². The van der Waals surface area contributed by atoms with E-state index in [-0.39, 0.29) is 0 Å². The van der Waals surface area contributed by atoms with Crippen molar-refractivity contribution in [2.75, 3.05) is 18.0 Å². The van der Waals surface area contributed by atoms with Crippen LogP contribution in [0.25, 0.3) is 0 Å². The zero-order chi connectivity index (χ0) is 14.0. The molecule has 0 spiro atoms. The molecule has 0 saturated carbocycles. The van der Waals surface area contributed by atoms with Crippen molar-refractivity contribution in [2.45, 2.75) is 39.3 Å². The van der Waals surface area contributed by atoms with E-state index in [0.717, 1.165) is 55.6 Å². The fourth-order valence-corrected chi connectivity index (χ4v) is 2.71. The van der Waals surface area contributed by atoms with Gasteiger partial charge in [-0.2, -0.15) is 13.2 Å². The van der Waals surface area contributed by atoms with Crippen LogP contribution in [0, 0.1) is 12.8 Å². The van der Waals surface area contributed by atoms with E-state index in [1.165, 1.54) is 6.07 Å². The molecule has 0 aliphatic carbocycles. The third kappa shape index (κ3) is 3.23. The van der Waals surface area contributed by atoms with Crippen LogP contribution in [0.3, 0.4) is 0 Å². The summed E-state index contributed by atoms with van der Waals surface area (Å²) in [5, 5.41) is 0. The summed E-state index contributed by atoms with van der Waals surface area (Å²) in [6, 6.07) is 4.03. The minimum atomic E-state index is -4.26. The fourth-order valence-electron chi connectivity index (χ4n) is 2.71. The maximum atomic E-state index is 12.8. The first-order valence-electron chi connectivity index (χ1n) is 6.84. The Bertz CT molecular complexity index is 432. The summed E-state index contributed by atoms with van der Waals surface area (Å²) in [4.78, 5) is 2.09. The molecule has 1 aliphatic heterocycles. The number of hydrogen-bond acceptors (Lipinski definition) is 1. The molecule has 1 saturated heterocycles. The van der Waals surface area contributed by atoms with Gasteiger partial charge in [-0.3, -0.25) is 0 Å². The molecule has 4 heteroatoms. The van der Waals surface area contributed by atoms with E-state index in [2.05, 4.69) is 11.8 Å². The molecule has 1 aromatic rings. The van der Waals surface area contributed by atoms with Crippen molar-refractivity contribution in [1.82, 2.24) is 0 Å². The molecule has 0 atom stereocenters. The average Bonchev–Trinajstić information content (AvgIpc) is 2.38. The van der Waals surface area contributed by atoms with Gasteiger partial charge >= 0.3 is 6.18 Å². The van der Waals surface area contributed by atoms with Gasteiger partial charge in [0.2, 0.25) is 0 Å². The molecule has 1 fully saturated rings. The molecule has 0 radical (unpaired) electrons. The molecule has 0 amide bonds. The quantitative estimate of drug-likeness (QED) is 0.757. The highest BCUT2D eigenvalue weighted by Gasteiger charge is 2.31. The van der Waals surface area contributed by atoms with Crippen LogP contribution in [0.5, 0.6) is 0 Å².